The zero-order chi connectivity index (χ0) is 21.7. The summed E-state index contributed by atoms with van der Waals surface area (Å²) >= 11 is 1.39. The number of carbonyl (C=O) groups is 1. The Kier molecular flexibility index (Phi) is 7.47. The van der Waals surface area contributed by atoms with Gasteiger partial charge >= 0.3 is 6.18 Å². The molecule has 1 heterocycles. The summed E-state index contributed by atoms with van der Waals surface area (Å²) in [6.45, 7) is 6.01. The van der Waals surface area contributed by atoms with E-state index in [9.17, 15) is 18.0 Å². The molecule has 30 heavy (non-hydrogen) atoms. The Hall–Kier alpha value is -1.99. The van der Waals surface area contributed by atoms with Crippen LogP contribution in [0.2, 0.25) is 0 Å². The molecule has 0 N–H and O–H groups in total. The van der Waals surface area contributed by atoms with E-state index in [0.29, 0.717) is 16.3 Å². The molecule has 3 nitrogen and oxygen atoms in total. The molecule has 0 radical (unpaired) electrons. The van der Waals surface area contributed by atoms with E-state index in [1.807, 2.05) is 18.2 Å². The number of rotatable bonds is 8. The summed E-state index contributed by atoms with van der Waals surface area (Å²) in [6.07, 6.45) is -0.439. The molecule has 2 aromatic carbocycles. The number of nitrogens with zero attached hydrogens (tertiary/aromatic N) is 2. The summed E-state index contributed by atoms with van der Waals surface area (Å²) in [5.74, 6) is -0.199. The maximum absolute atomic E-state index is 13.4. The summed E-state index contributed by atoms with van der Waals surface area (Å²) < 4.78 is 40.1. The van der Waals surface area contributed by atoms with Gasteiger partial charge in [0.05, 0.1) is 23.5 Å². The fourth-order valence-corrected chi connectivity index (χ4v) is 4.53. The molecule has 7 heteroatoms. The molecule has 0 aromatic heterocycles. The number of alkyl halides is 3. The smallest absolute Gasteiger partial charge is 0.294 e. The van der Waals surface area contributed by atoms with E-state index in [2.05, 4.69) is 18.7 Å². The molecule has 162 valence electrons. The van der Waals surface area contributed by atoms with Crippen molar-refractivity contribution in [2.45, 2.75) is 55.5 Å². The van der Waals surface area contributed by atoms with Gasteiger partial charge in [0.25, 0.3) is 0 Å². The Morgan fingerprint density at radius 2 is 1.60 bits per heavy atom. The van der Waals surface area contributed by atoms with Crippen molar-refractivity contribution in [2.75, 3.05) is 24.5 Å². The molecule has 0 unspecified atom stereocenters. The standard InChI is InChI=1S/C23H27F3N2OS/c1-3-5-13-27(14-6-4-2)16-22(29)28-18-9-7-8-10-20(18)30-21-12-11-17(15-19(21)28)23(24,25)26/h7-12,15H,3-6,13-14,16H2,1-2H3. The minimum Gasteiger partial charge on any atom is -0.294 e. The van der Waals surface area contributed by atoms with Crippen molar-refractivity contribution in [1.29, 1.82) is 0 Å². The molecule has 0 saturated heterocycles. The van der Waals surface area contributed by atoms with Gasteiger partial charge in [0.15, 0.2) is 0 Å². The Balaban J connectivity index is 1.96. The van der Waals surface area contributed by atoms with E-state index in [0.717, 1.165) is 55.8 Å². The number of unbranched alkanes of at least 4 members (excludes halogenated alkanes) is 2. The van der Waals surface area contributed by atoms with Crippen molar-refractivity contribution in [3.05, 3.63) is 48.0 Å². The highest BCUT2D eigenvalue weighted by Crippen LogP contribution is 2.49. The van der Waals surface area contributed by atoms with Gasteiger partial charge in [-0.2, -0.15) is 13.2 Å². The molecule has 0 spiro atoms. The zero-order valence-corrected chi connectivity index (χ0v) is 18.2. The number of halogens is 3. The first-order chi connectivity index (χ1) is 14.3. The van der Waals surface area contributed by atoms with E-state index in [-0.39, 0.29) is 12.5 Å². The van der Waals surface area contributed by atoms with Crippen molar-refractivity contribution < 1.29 is 18.0 Å². The molecule has 0 aliphatic carbocycles. The van der Waals surface area contributed by atoms with Crippen molar-refractivity contribution in [3.63, 3.8) is 0 Å². The van der Waals surface area contributed by atoms with Gasteiger partial charge in [-0.25, -0.2) is 0 Å². The topological polar surface area (TPSA) is 23.6 Å². The highest BCUT2D eigenvalue weighted by Gasteiger charge is 2.35. The monoisotopic (exact) mass is 436 g/mol. The number of hydrogen-bond acceptors (Lipinski definition) is 3. The maximum Gasteiger partial charge on any atom is 0.416 e. The number of para-hydroxylation sites is 1. The predicted molar refractivity (Wildman–Crippen MR) is 115 cm³/mol. The third-order valence-corrected chi connectivity index (χ3v) is 6.25. The molecule has 1 aliphatic rings. The van der Waals surface area contributed by atoms with Crippen LogP contribution in [0.25, 0.3) is 0 Å². The molecule has 0 atom stereocenters. The van der Waals surface area contributed by atoms with E-state index in [4.69, 9.17) is 0 Å². The van der Waals surface area contributed by atoms with Crippen LogP contribution in [0.15, 0.2) is 52.3 Å². The number of benzene rings is 2. The summed E-state index contributed by atoms with van der Waals surface area (Å²) in [5.41, 5.74) is 0.211. The largest absolute Gasteiger partial charge is 0.416 e. The summed E-state index contributed by atoms with van der Waals surface area (Å²) in [5, 5.41) is 0. The molecule has 3 rings (SSSR count). The number of amides is 1. The Bertz CT molecular complexity index is 877. The van der Waals surface area contributed by atoms with Crippen molar-refractivity contribution in [1.82, 2.24) is 4.90 Å². The fraction of sp³-hybridized carbons (Fsp3) is 0.435. The Labute approximate surface area is 180 Å². The summed E-state index contributed by atoms with van der Waals surface area (Å²) in [7, 11) is 0. The lowest BCUT2D eigenvalue weighted by molar-refractivity contribution is -0.137. The SMILES string of the molecule is CCCCN(CCCC)CC(=O)N1c2ccccc2Sc2ccc(C(F)(F)F)cc21. The van der Waals surface area contributed by atoms with Crippen molar-refractivity contribution in [2.24, 2.45) is 0 Å². The van der Waals surface area contributed by atoms with Crippen LogP contribution in [0.5, 0.6) is 0 Å². The van der Waals surface area contributed by atoms with Gasteiger partial charge in [0.2, 0.25) is 5.91 Å². The first kappa shape index (κ1) is 22.7. The number of fused-ring (bicyclic) bond motifs is 2. The lowest BCUT2D eigenvalue weighted by atomic mass is 10.1. The molecule has 0 bridgehead atoms. The third-order valence-electron chi connectivity index (χ3n) is 5.12. The minimum absolute atomic E-state index is 0.189. The molecule has 0 fully saturated rings. The van der Waals surface area contributed by atoms with Crippen LogP contribution < -0.4 is 4.90 Å². The van der Waals surface area contributed by atoms with Crippen LogP contribution in [0.4, 0.5) is 24.5 Å². The average molecular weight is 437 g/mol. The van der Waals surface area contributed by atoms with Gasteiger partial charge in [-0.05, 0) is 56.3 Å². The van der Waals surface area contributed by atoms with Crippen molar-refractivity contribution in [3.8, 4) is 0 Å². The van der Waals surface area contributed by atoms with Gasteiger partial charge in [-0.3, -0.25) is 14.6 Å². The first-order valence-electron chi connectivity index (χ1n) is 10.4. The fourth-order valence-electron chi connectivity index (χ4n) is 3.50. The van der Waals surface area contributed by atoms with Crippen LogP contribution in [-0.2, 0) is 11.0 Å². The van der Waals surface area contributed by atoms with Crippen LogP contribution >= 0.6 is 11.8 Å². The number of anilines is 2. The lowest BCUT2D eigenvalue weighted by Crippen LogP contribution is -2.40. The first-order valence-corrected chi connectivity index (χ1v) is 11.2. The summed E-state index contributed by atoms with van der Waals surface area (Å²) in [4.78, 5) is 18.5. The predicted octanol–water partition coefficient (Wildman–Crippen LogP) is 6.74. The second kappa shape index (κ2) is 9.88. The highest BCUT2D eigenvalue weighted by atomic mass is 32.2. The number of hydrogen-bond donors (Lipinski definition) is 0. The Morgan fingerprint density at radius 1 is 0.967 bits per heavy atom. The van der Waals surface area contributed by atoms with E-state index in [1.54, 1.807) is 6.07 Å². The quantitative estimate of drug-likeness (QED) is 0.458. The van der Waals surface area contributed by atoms with Crippen LogP contribution in [-0.4, -0.2) is 30.4 Å². The normalized spacial score (nSPS) is 13.3. The molecular weight excluding hydrogens is 409 g/mol. The van der Waals surface area contributed by atoms with E-state index in [1.165, 1.54) is 22.7 Å². The van der Waals surface area contributed by atoms with Crippen molar-refractivity contribution >= 4 is 29.0 Å². The minimum atomic E-state index is -4.46. The van der Waals surface area contributed by atoms with E-state index >= 15 is 0 Å². The third kappa shape index (κ3) is 5.19. The van der Waals surface area contributed by atoms with Crippen LogP contribution in [0.1, 0.15) is 45.1 Å². The molecular formula is C23H27F3N2OS. The Morgan fingerprint density at radius 3 is 2.23 bits per heavy atom. The maximum atomic E-state index is 13.4. The average Bonchev–Trinajstić information content (AvgIpc) is 2.72. The van der Waals surface area contributed by atoms with Crippen LogP contribution in [0, 0.1) is 0 Å². The molecule has 2 aromatic rings. The second-order valence-corrected chi connectivity index (χ2v) is 8.55. The molecule has 1 amide bonds. The van der Waals surface area contributed by atoms with E-state index < -0.39 is 11.7 Å². The van der Waals surface area contributed by atoms with Gasteiger partial charge in [0.1, 0.15) is 0 Å². The lowest BCUT2D eigenvalue weighted by Gasteiger charge is -2.33. The highest BCUT2D eigenvalue weighted by molar-refractivity contribution is 7.99. The van der Waals surface area contributed by atoms with Gasteiger partial charge < -0.3 is 0 Å². The second-order valence-electron chi connectivity index (χ2n) is 7.46. The van der Waals surface area contributed by atoms with Gasteiger partial charge in [-0.1, -0.05) is 50.6 Å². The van der Waals surface area contributed by atoms with Crippen LogP contribution in [0.3, 0.4) is 0 Å². The zero-order valence-electron chi connectivity index (χ0n) is 17.3. The molecule has 0 saturated carbocycles. The van der Waals surface area contributed by atoms with Gasteiger partial charge in [0, 0.05) is 9.79 Å². The summed E-state index contributed by atoms with van der Waals surface area (Å²) in [6, 6.07) is 11.0. The number of carbonyl (C=O) groups excluding carboxylic acids is 1. The molecule has 1 aliphatic heterocycles. The van der Waals surface area contributed by atoms with Gasteiger partial charge in [-0.15, -0.1) is 0 Å².